The van der Waals surface area contributed by atoms with Crippen LogP contribution in [0.25, 0.3) is 11.1 Å². The predicted molar refractivity (Wildman–Crippen MR) is 107 cm³/mol. The Balaban J connectivity index is 1.96. The highest BCUT2D eigenvalue weighted by Crippen LogP contribution is 2.31. The number of hydrogen-bond donors (Lipinski definition) is 1. The van der Waals surface area contributed by atoms with E-state index in [0.717, 1.165) is 30.3 Å². The highest BCUT2D eigenvalue weighted by Gasteiger charge is 2.14. The van der Waals surface area contributed by atoms with E-state index >= 15 is 0 Å². The molecule has 2 aromatic carbocycles. The molecule has 0 aliphatic carbocycles. The fourth-order valence-electron chi connectivity index (χ4n) is 2.25. The Morgan fingerprint density at radius 1 is 1.17 bits per heavy atom. The van der Waals surface area contributed by atoms with Crippen LogP contribution in [0.4, 0.5) is 5.69 Å². The van der Waals surface area contributed by atoms with Crippen molar-refractivity contribution in [2.24, 2.45) is 0 Å². The molecule has 116 valence electrons. The fraction of sp³-hybridized carbons (Fsp3) is 0.0556. The molecule has 0 unspecified atom stereocenters. The van der Waals surface area contributed by atoms with Crippen molar-refractivity contribution >= 4 is 57.1 Å². The molecule has 0 bridgehead atoms. The summed E-state index contributed by atoms with van der Waals surface area (Å²) in [6.45, 7) is 1.97. The SMILES string of the molecule is Cc1ccc(-c2ccccc2NC(=O)c2ccsc2I)cc1Cl. The smallest absolute Gasteiger partial charge is 0.257 e. The van der Waals surface area contributed by atoms with Crippen LogP contribution in [0.5, 0.6) is 0 Å². The Bertz CT molecular complexity index is 875. The van der Waals surface area contributed by atoms with Gasteiger partial charge < -0.3 is 5.32 Å². The summed E-state index contributed by atoms with van der Waals surface area (Å²) >= 11 is 9.97. The molecule has 0 spiro atoms. The molecule has 3 rings (SSSR count). The molecule has 0 aliphatic heterocycles. The van der Waals surface area contributed by atoms with E-state index in [1.165, 1.54) is 0 Å². The topological polar surface area (TPSA) is 29.1 Å². The molecule has 1 aromatic heterocycles. The van der Waals surface area contributed by atoms with Crippen molar-refractivity contribution < 1.29 is 4.79 Å². The Morgan fingerprint density at radius 3 is 2.65 bits per heavy atom. The maximum absolute atomic E-state index is 12.5. The maximum atomic E-state index is 12.5. The van der Waals surface area contributed by atoms with Gasteiger partial charge in [0.2, 0.25) is 0 Å². The highest BCUT2D eigenvalue weighted by molar-refractivity contribution is 14.1. The summed E-state index contributed by atoms with van der Waals surface area (Å²) in [5.41, 5.74) is 4.45. The van der Waals surface area contributed by atoms with E-state index in [1.807, 2.05) is 60.8 Å². The number of hydrogen-bond acceptors (Lipinski definition) is 2. The molecule has 2 nitrogen and oxygen atoms in total. The molecular formula is C18H13ClINOS. The first-order chi connectivity index (χ1) is 11.1. The van der Waals surface area contributed by atoms with Crippen LogP contribution in [0, 0.1) is 9.81 Å². The molecule has 0 saturated heterocycles. The molecule has 0 saturated carbocycles. The van der Waals surface area contributed by atoms with Gasteiger partial charge >= 0.3 is 0 Å². The van der Waals surface area contributed by atoms with Crippen LogP contribution in [0.2, 0.25) is 5.02 Å². The summed E-state index contributed by atoms with van der Waals surface area (Å²) in [5, 5.41) is 5.64. The summed E-state index contributed by atoms with van der Waals surface area (Å²) in [6, 6.07) is 15.5. The minimum absolute atomic E-state index is 0.0960. The molecule has 0 radical (unpaired) electrons. The average Bonchev–Trinajstić information content (AvgIpc) is 2.97. The average molecular weight is 454 g/mol. The Hall–Kier alpha value is -1.37. The third kappa shape index (κ3) is 3.59. The number of para-hydroxylation sites is 1. The molecular weight excluding hydrogens is 441 g/mol. The van der Waals surface area contributed by atoms with Crippen LogP contribution in [0.3, 0.4) is 0 Å². The number of rotatable bonds is 3. The van der Waals surface area contributed by atoms with E-state index < -0.39 is 0 Å². The summed E-state index contributed by atoms with van der Waals surface area (Å²) in [7, 11) is 0. The van der Waals surface area contributed by atoms with E-state index in [0.29, 0.717) is 5.56 Å². The molecule has 0 aliphatic rings. The van der Waals surface area contributed by atoms with E-state index in [-0.39, 0.29) is 5.91 Å². The Kier molecular flexibility index (Phi) is 5.04. The van der Waals surface area contributed by atoms with Crippen molar-refractivity contribution in [3.63, 3.8) is 0 Å². The normalized spacial score (nSPS) is 10.6. The summed E-state index contributed by atoms with van der Waals surface area (Å²) < 4.78 is 0.982. The van der Waals surface area contributed by atoms with Crippen molar-refractivity contribution in [3.8, 4) is 11.1 Å². The molecule has 0 atom stereocenters. The van der Waals surface area contributed by atoms with Gasteiger partial charge in [0.05, 0.1) is 8.45 Å². The summed E-state index contributed by atoms with van der Waals surface area (Å²) in [5.74, 6) is -0.0960. The number of aryl methyl sites for hydroxylation is 1. The zero-order chi connectivity index (χ0) is 16.4. The van der Waals surface area contributed by atoms with E-state index in [4.69, 9.17) is 11.6 Å². The van der Waals surface area contributed by atoms with Crippen LogP contribution in [0.15, 0.2) is 53.9 Å². The van der Waals surface area contributed by atoms with Gasteiger partial charge in [0.1, 0.15) is 0 Å². The number of thiophene rings is 1. The van der Waals surface area contributed by atoms with Crippen LogP contribution in [0.1, 0.15) is 15.9 Å². The lowest BCUT2D eigenvalue weighted by atomic mass is 10.0. The third-order valence-electron chi connectivity index (χ3n) is 3.52. The van der Waals surface area contributed by atoms with Crippen molar-refractivity contribution in [2.75, 3.05) is 5.32 Å². The van der Waals surface area contributed by atoms with Gasteiger partial charge in [-0.25, -0.2) is 0 Å². The van der Waals surface area contributed by atoms with Gasteiger partial charge in [-0.1, -0.05) is 41.9 Å². The monoisotopic (exact) mass is 453 g/mol. The van der Waals surface area contributed by atoms with Crippen molar-refractivity contribution in [1.82, 2.24) is 0 Å². The quantitative estimate of drug-likeness (QED) is 0.468. The van der Waals surface area contributed by atoms with E-state index in [2.05, 4.69) is 27.9 Å². The van der Waals surface area contributed by atoms with Gasteiger partial charge in [0.25, 0.3) is 5.91 Å². The number of halogens is 2. The van der Waals surface area contributed by atoms with Crippen LogP contribution >= 0.6 is 45.5 Å². The van der Waals surface area contributed by atoms with Crippen LogP contribution in [-0.4, -0.2) is 5.91 Å². The second-order valence-electron chi connectivity index (χ2n) is 5.07. The van der Waals surface area contributed by atoms with Crippen molar-refractivity contribution in [3.05, 3.63) is 72.9 Å². The fourth-order valence-corrected chi connectivity index (χ4v) is 3.91. The lowest BCUT2D eigenvalue weighted by Gasteiger charge is -2.12. The highest BCUT2D eigenvalue weighted by atomic mass is 127. The van der Waals surface area contributed by atoms with Gasteiger partial charge in [-0.3, -0.25) is 4.79 Å². The molecule has 1 N–H and O–H groups in total. The number of carbonyl (C=O) groups is 1. The maximum Gasteiger partial charge on any atom is 0.257 e. The first-order valence-corrected chi connectivity index (χ1v) is 9.30. The minimum atomic E-state index is -0.0960. The number of carbonyl (C=O) groups excluding carboxylic acids is 1. The number of nitrogens with one attached hydrogen (secondary N) is 1. The first kappa shape index (κ1) is 16.5. The largest absolute Gasteiger partial charge is 0.321 e. The van der Waals surface area contributed by atoms with Gasteiger partial charge in [-0.15, -0.1) is 11.3 Å². The standard InChI is InChI=1S/C18H13ClINOS/c1-11-6-7-12(10-15(11)19)13-4-2-3-5-16(13)21-18(22)14-8-9-23-17(14)20/h2-10H,1H3,(H,21,22). The second kappa shape index (κ2) is 7.03. The lowest BCUT2D eigenvalue weighted by Crippen LogP contribution is -2.12. The molecule has 1 heterocycles. The van der Waals surface area contributed by atoms with E-state index in [1.54, 1.807) is 11.3 Å². The molecule has 5 heteroatoms. The minimum Gasteiger partial charge on any atom is -0.321 e. The van der Waals surface area contributed by atoms with Gasteiger partial charge in [-0.05, 0) is 64.2 Å². The Labute approximate surface area is 157 Å². The van der Waals surface area contributed by atoms with Crippen LogP contribution < -0.4 is 5.32 Å². The molecule has 23 heavy (non-hydrogen) atoms. The molecule has 0 fully saturated rings. The summed E-state index contributed by atoms with van der Waals surface area (Å²) in [4.78, 5) is 12.5. The number of anilines is 1. The van der Waals surface area contributed by atoms with Gasteiger partial charge in [0, 0.05) is 16.3 Å². The van der Waals surface area contributed by atoms with Crippen molar-refractivity contribution in [1.29, 1.82) is 0 Å². The first-order valence-electron chi connectivity index (χ1n) is 6.96. The molecule has 1 amide bonds. The third-order valence-corrected chi connectivity index (χ3v) is 5.97. The van der Waals surface area contributed by atoms with Crippen molar-refractivity contribution in [2.45, 2.75) is 6.92 Å². The van der Waals surface area contributed by atoms with Gasteiger partial charge in [0.15, 0.2) is 0 Å². The van der Waals surface area contributed by atoms with Crippen LogP contribution in [-0.2, 0) is 0 Å². The number of benzene rings is 2. The lowest BCUT2D eigenvalue weighted by molar-refractivity contribution is 0.102. The zero-order valence-corrected chi connectivity index (χ0v) is 16.0. The predicted octanol–water partition coefficient (Wildman–Crippen LogP) is 6.23. The molecule has 3 aromatic rings. The zero-order valence-electron chi connectivity index (χ0n) is 12.3. The summed E-state index contributed by atoms with van der Waals surface area (Å²) in [6.07, 6.45) is 0. The Morgan fingerprint density at radius 2 is 1.96 bits per heavy atom. The number of amides is 1. The van der Waals surface area contributed by atoms with Gasteiger partial charge in [-0.2, -0.15) is 0 Å². The van der Waals surface area contributed by atoms with E-state index in [9.17, 15) is 4.79 Å². The second-order valence-corrected chi connectivity index (χ2v) is 8.21.